The molecule has 68 valence electrons. The maximum atomic E-state index is 9.17. The van der Waals surface area contributed by atoms with E-state index in [-0.39, 0.29) is 6.61 Å². The molecule has 0 saturated heterocycles. The maximum absolute atomic E-state index is 9.17. The maximum Gasteiger partial charge on any atom is 0.103 e. The van der Waals surface area contributed by atoms with Crippen LogP contribution in [0.2, 0.25) is 0 Å². The molecule has 2 atom stereocenters. The number of aliphatic hydroxyl groups excluding tert-OH is 2. The summed E-state index contributed by atoms with van der Waals surface area (Å²) in [6.45, 7) is 4.71. The van der Waals surface area contributed by atoms with Gasteiger partial charge in [0.2, 0.25) is 0 Å². The van der Waals surface area contributed by atoms with Crippen LogP contribution in [0.1, 0.15) is 26.7 Å². The molecule has 0 aromatic heterocycles. The van der Waals surface area contributed by atoms with Gasteiger partial charge >= 0.3 is 0 Å². The van der Waals surface area contributed by atoms with Crippen molar-refractivity contribution in [1.29, 1.82) is 0 Å². The molecule has 0 bridgehead atoms. The van der Waals surface area contributed by atoms with E-state index >= 15 is 0 Å². The van der Waals surface area contributed by atoms with Crippen molar-refractivity contribution in [3.63, 3.8) is 0 Å². The second-order valence-corrected chi connectivity index (χ2v) is 2.62. The molecule has 3 nitrogen and oxygen atoms in total. The van der Waals surface area contributed by atoms with Crippen LogP contribution >= 0.6 is 0 Å². The molecular weight excluding hydrogens is 144 g/mol. The summed E-state index contributed by atoms with van der Waals surface area (Å²) in [5.41, 5.74) is 0. The molecule has 0 aromatic carbocycles. The average Bonchev–Trinajstić information content (AvgIpc) is 2.03. The van der Waals surface area contributed by atoms with Crippen molar-refractivity contribution in [1.82, 2.24) is 0 Å². The van der Waals surface area contributed by atoms with Crippen molar-refractivity contribution in [2.45, 2.75) is 38.9 Å². The molecule has 0 amide bonds. The summed E-state index contributed by atoms with van der Waals surface area (Å²) in [4.78, 5) is 0. The first-order chi connectivity index (χ1) is 5.22. The Balaban J connectivity index is 3.28. The standard InChI is InChI=1S/C8H18O3/c1-3-5-11-6-8(10)7(9)4-2/h7-10H,3-6H2,1-2H3. The van der Waals surface area contributed by atoms with Crippen LogP contribution in [0, 0.1) is 0 Å². The van der Waals surface area contributed by atoms with Gasteiger partial charge in [-0.05, 0) is 12.8 Å². The quantitative estimate of drug-likeness (QED) is 0.561. The van der Waals surface area contributed by atoms with Crippen molar-refractivity contribution in [3.05, 3.63) is 0 Å². The molecule has 3 heteroatoms. The minimum Gasteiger partial charge on any atom is -0.390 e. The number of hydrogen-bond acceptors (Lipinski definition) is 3. The first-order valence-electron chi connectivity index (χ1n) is 4.16. The van der Waals surface area contributed by atoms with E-state index < -0.39 is 12.2 Å². The highest BCUT2D eigenvalue weighted by Crippen LogP contribution is 1.98. The van der Waals surface area contributed by atoms with E-state index in [1.165, 1.54) is 0 Å². The van der Waals surface area contributed by atoms with E-state index in [1.807, 2.05) is 13.8 Å². The fraction of sp³-hybridized carbons (Fsp3) is 1.00. The predicted molar refractivity (Wildman–Crippen MR) is 43.4 cm³/mol. The lowest BCUT2D eigenvalue weighted by atomic mass is 10.2. The van der Waals surface area contributed by atoms with Crippen molar-refractivity contribution in [2.75, 3.05) is 13.2 Å². The van der Waals surface area contributed by atoms with Crippen LogP contribution in [0.25, 0.3) is 0 Å². The molecule has 0 saturated carbocycles. The smallest absolute Gasteiger partial charge is 0.103 e. The van der Waals surface area contributed by atoms with Gasteiger partial charge in [0.05, 0.1) is 12.7 Å². The van der Waals surface area contributed by atoms with Gasteiger partial charge in [-0.3, -0.25) is 0 Å². The van der Waals surface area contributed by atoms with Crippen LogP contribution in [-0.2, 0) is 4.74 Å². The summed E-state index contributed by atoms with van der Waals surface area (Å²) in [6.07, 6.45) is 0.129. The van der Waals surface area contributed by atoms with Gasteiger partial charge in [-0.2, -0.15) is 0 Å². The lowest BCUT2D eigenvalue weighted by Crippen LogP contribution is -2.29. The third kappa shape index (κ3) is 5.18. The van der Waals surface area contributed by atoms with E-state index in [0.717, 1.165) is 6.42 Å². The number of aliphatic hydroxyl groups is 2. The van der Waals surface area contributed by atoms with Crippen LogP contribution in [0.3, 0.4) is 0 Å². The van der Waals surface area contributed by atoms with Crippen LogP contribution in [0.15, 0.2) is 0 Å². The lowest BCUT2D eigenvalue weighted by Gasteiger charge is -2.15. The highest BCUT2D eigenvalue weighted by molar-refractivity contribution is 4.63. The largest absolute Gasteiger partial charge is 0.390 e. The van der Waals surface area contributed by atoms with Crippen molar-refractivity contribution < 1.29 is 14.9 Å². The van der Waals surface area contributed by atoms with Gasteiger partial charge in [0.15, 0.2) is 0 Å². The molecule has 0 aliphatic heterocycles. The topological polar surface area (TPSA) is 49.7 Å². The van der Waals surface area contributed by atoms with E-state index in [1.54, 1.807) is 0 Å². The molecule has 2 N–H and O–H groups in total. The summed E-state index contributed by atoms with van der Waals surface area (Å²) >= 11 is 0. The fourth-order valence-corrected chi connectivity index (χ4v) is 0.732. The van der Waals surface area contributed by atoms with Crippen LogP contribution in [0.5, 0.6) is 0 Å². The molecule has 0 fully saturated rings. The van der Waals surface area contributed by atoms with Crippen LogP contribution in [0.4, 0.5) is 0 Å². The molecule has 0 aliphatic carbocycles. The van der Waals surface area contributed by atoms with E-state index in [4.69, 9.17) is 14.9 Å². The molecule has 11 heavy (non-hydrogen) atoms. The number of ether oxygens (including phenoxy) is 1. The molecule has 0 aliphatic rings. The van der Waals surface area contributed by atoms with Gasteiger partial charge in [-0.25, -0.2) is 0 Å². The van der Waals surface area contributed by atoms with Crippen molar-refractivity contribution >= 4 is 0 Å². The minimum absolute atomic E-state index is 0.239. The SMILES string of the molecule is CCCOCC(O)C(O)CC. The van der Waals surface area contributed by atoms with Crippen LogP contribution < -0.4 is 0 Å². The van der Waals surface area contributed by atoms with Crippen molar-refractivity contribution in [2.24, 2.45) is 0 Å². The van der Waals surface area contributed by atoms with Crippen LogP contribution in [-0.4, -0.2) is 35.6 Å². The third-order valence-corrected chi connectivity index (χ3v) is 1.50. The molecule has 2 unspecified atom stereocenters. The van der Waals surface area contributed by atoms with E-state index in [2.05, 4.69) is 0 Å². The Morgan fingerprint density at radius 3 is 2.27 bits per heavy atom. The van der Waals surface area contributed by atoms with Crippen molar-refractivity contribution in [3.8, 4) is 0 Å². The lowest BCUT2D eigenvalue weighted by molar-refractivity contribution is -0.0385. The second-order valence-electron chi connectivity index (χ2n) is 2.62. The zero-order valence-electron chi connectivity index (χ0n) is 7.29. The second kappa shape index (κ2) is 6.58. The summed E-state index contributed by atoms with van der Waals surface area (Å²) < 4.78 is 5.06. The molecule has 0 aromatic rings. The van der Waals surface area contributed by atoms with E-state index in [9.17, 15) is 0 Å². The highest BCUT2D eigenvalue weighted by atomic mass is 16.5. The number of rotatable bonds is 6. The fourth-order valence-electron chi connectivity index (χ4n) is 0.732. The monoisotopic (exact) mass is 162 g/mol. The van der Waals surface area contributed by atoms with Gasteiger partial charge in [0, 0.05) is 6.61 Å². The Kier molecular flexibility index (Phi) is 6.51. The Morgan fingerprint density at radius 2 is 1.82 bits per heavy atom. The molecule has 0 heterocycles. The zero-order valence-corrected chi connectivity index (χ0v) is 7.29. The summed E-state index contributed by atoms with van der Waals surface area (Å²) in [5.74, 6) is 0. The molecule has 0 radical (unpaired) electrons. The Labute approximate surface area is 68.0 Å². The first kappa shape index (κ1) is 10.9. The molecular formula is C8H18O3. The summed E-state index contributed by atoms with van der Waals surface area (Å²) in [6, 6.07) is 0. The Morgan fingerprint density at radius 1 is 1.18 bits per heavy atom. The normalized spacial score (nSPS) is 16.4. The third-order valence-electron chi connectivity index (χ3n) is 1.50. The molecule has 0 spiro atoms. The van der Waals surface area contributed by atoms with Gasteiger partial charge in [-0.15, -0.1) is 0 Å². The summed E-state index contributed by atoms with van der Waals surface area (Å²) in [7, 11) is 0. The predicted octanol–water partition coefficient (Wildman–Crippen LogP) is 0.545. The zero-order chi connectivity index (χ0) is 8.69. The molecule has 0 rings (SSSR count). The first-order valence-corrected chi connectivity index (χ1v) is 4.16. The number of hydrogen-bond donors (Lipinski definition) is 2. The van der Waals surface area contributed by atoms with Gasteiger partial charge in [0.1, 0.15) is 6.10 Å². The minimum atomic E-state index is -0.730. The average molecular weight is 162 g/mol. The van der Waals surface area contributed by atoms with Gasteiger partial charge < -0.3 is 14.9 Å². The van der Waals surface area contributed by atoms with Gasteiger partial charge in [-0.1, -0.05) is 13.8 Å². The Bertz CT molecular complexity index is 85.4. The van der Waals surface area contributed by atoms with Gasteiger partial charge in [0.25, 0.3) is 0 Å². The Hall–Kier alpha value is -0.120. The highest BCUT2D eigenvalue weighted by Gasteiger charge is 2.13. The summed E-state index contributed by atoms with van der Waals surface area (Å²) in [5, 5.41) is 18.3. The van der Waals surface area contributed by atoms with E-state index in [0.29, 0.717) is 13.0 Å².